The lowest BCUT2D eigenvalue weighted by molar-refractivity contribution is 0.171. The topological polar surface area (TPSA) is 69.4 Å². The van der Waals surface area contributed by atoms with Gasteiger partial charge in [0.15, 0.2) is 9.84 Å². The number of hydrogen-bond donors (Lipinski definition) is 1. The van der Waals surface area contributed by atoms with E-state index in [-0.39, 0.29) is 12.5 Å². The van der Waals surface area contributed by atoms with Crippen molar-refractivity contribution in [2.75, 3.05) is 13.7 Å². The summed E-state index contributed by atoms with van der Waals surface area (Å²) in [7, 11) is -1.99. The van der Waals surface area contributed by atoms with Gasteiger partial charge in [0.05, 0.1) is 22.3 Å². The van der Waals surface area contributed by atoms with E-state index in [1.165, 1.54) is 0 Å². The first-order valence-electron chi connectivity index (χ1n) is 7.64. The fourth-order valence-electron chi connectivity index (χ4n) is 3.34. The molecule has 2 aromatic rings. The molecule has 0 heterocycles. The Labute approximate surface area is 151 Å². The molecule has 2 aromatic carbocycles. The molecule has 0 saturated heterocycles. The number of hydrogen-bond acceptors (Lipinski definition) is 4. The molecule has 0 radical (unpaired) electrons. The predicted molar refractivity (Wildman–Crippen MR) is 97.8 cm³/mol. The molecular formula is C18H20BrNO3S. The van der Waals surface area contributed by atoms with E-state index < -0.39 is 20.6 Å². The Balaban J connectivity index is 2.01. The van der Waals surface area contributed by atoms with Gasteiger partial charge in [-0.3, -0.25) is 0 Å². The molecule has 3 rings (SSSR count). The monoisotopic (exact) mass is 409 g/mol. The summed E-state index contributed by atoms with van der Waals surface area (Å²) in [6, 6.07) is 14.5. The average molecular weight is 410 g/mol. The maximum atomic E-state index is 13.1. The smallest absolute Gasteiger partial charge is 0.183 e. The molecule has 0 bridgehead atoms. The number of halogens is 1. The lowest BCUT2D eigenvalue weighted by Crippen LogP contribution is -2.35. The first-order valence-corrected chi connectivity index (χ1v) is 9.98. The lowest BCUT2D eigenvalue weighted by atomic mass is 10.1. The third kappa shape index (κ3) is 2.92. The van der Waals surface area contributed by atoms with Crippen molar-refractivity contribution >= 4 is 25.8 Å². The highest BCUT2D eigenvalue weighted by Crippen LogP contribution is 2.55. The fraction of sp³-hybridized carbons (Fsp3) is 0.333. The summed E-state index contributed by atoms with van der Waals surface area (Å²) in [5.74, 6) is -0.281. The molecule has 1 fully saturated rings. The normalized spacial score (nSPS) is 26.3. The zero-order valence-electron chi connectivity index (χ0n) is 13.6. The van der Waals surface area contributed by atoms with Crippen molar-refractivity contribution in [3.8, 4) is 0 Å². The Morgan fingerprint density at radius 2 is 1.71 bits per heavy atom. The van der Waals surface area contributed by atoms with Crippen molar-refractivity contribution in [1.82, 2.24) is 0 Å². The molecule has 0 spiro atoms. The van der Waals surface area contributed by atoms with Crippen molar-refractivity contribution in [3.05, 3.63) is 64.1 Å². The largest absolute Gasteiger partial charge is 0.383 e. The van der Waals surface area contributed by atoms with Crippen molar-refractivity contribution in [2.45, 2.75) is 28.5 Å². The Hall–Kier alpha value is -1.21. The Kier molecular flexibility index (Phi) is 4.59. The number of nitrogens with two attached hydrogens (primary N) is 1. The van der Waals surface area contributed by atoms with Gasteiger partial charge in [-0.05, 0) is 36.8 Å². The van der Waals surface area contributed by atoms with E-state index in [0.29, 0.717) is 4.90 Å². The minimum Gasteiger partial charge on any atom is -0.383 e. The number of sulfone groups is 1. The van der Waals surface area contributed by atoms with Gasteiger partial charge in [0.2, 0.25) is 0 Å². The van der Waals surface area contributed by atoms with Crippen LogP contribution in [0.3, 0.4) is 0 Å². The van der Waals surface area contributed by atoms with E-state index in [4.69, 9.17) is 10.5 Å². The SMILES string of the molecule is COC[C@@]1(N)[C@H](c2ccc(Br)cc2)[C@@H]1S(=O)(=O)c1ccc(C)cc1. The van der Waals surface area contributed by atoms with E-state index in [1.54, 1.807) is 31.4 Å². The number of methoxy groups -OCH3 is 1. The van der Waals surface area contributed by atoms with Gasteiger partial charge in [0.1, 0.15) is 0 Å². The molecule has 3 atom stereocenters. The number of ether oxygens (including phenoxy) is 1. The summed E-state index contributed by atoms with van der Waals surface area (Å²) in [6.45, 7) is 2.12. The second-order valence-electron chi connectivity index (χ2n) is 6.35. The van der Waals surface area contributed by atoms with Gasteiger partial charge >= 0.3 is 0 Å². The summed E-state index contributed by atoms with van der Waals surface area (Å²) >= 11 is 3.40. The van der Waals surface area contributed by atoms with Crippen LogP contribution in [0, 0.1) is 6.92 Å². The van der Waals surface area contributed by atoms with Crippen LogP contribution in [0.5, 0.6) is 0 Å². The zero-order chi connectivity index (χ0) is 17.5. The molecule has 4 nitrogen and oxygen atoms in total. The molecule has 1 aliphatic rings. The van der Waals surface area contributed by atoms with E-state index in [0.717, 1.165) is 15.6 Å². The van der Waals surface area contributed by atoms with Crippen LogP contribution in [0.2, 0.25) is 0 Å². The molecule has 128 valence electrons. The minimum atomic E-state index is -3.54. The van der Waals surface area contributed by atoms with Gasteiger partial charge in [0, 0.05) is 17.5 Å². The standard InChI is InChI=1S/C18H20BrNO3S/c1-12-3-9-15(10-4-12)24(21,22)17-16(18(17,20)11-23-2)13-5-7-14(19)8-6-13/h3-10,16-17H,11,20H2,1-2H3/t16-,17+,18-/m1/s1. The van der Waals surface area contributed by atoms with Crippen LogP contribution in [-0.4, -0.2) is 32.9 Å². The van der Waals surface area contributed by atoms with E-state index in [2.05, 4.69) is 15.9 Å². The Morgan fingerprint density at radius 3 is 2.25 bits per heavy atom. The second kappa shape index (κ2) is 6.26. The van der Waals surface area contributed by atoms with E-state index in [9.17, 15) is 8.42 Å². The molecule has 24 heavy (non-hydrogen) atoms. The zero-order valence-corrected chi connectivity index (χ0v) is 16.0. The number of aryl methyl sites for hydroxylation is 1. The lowest BCUT2D eigenvalue weighted by Gasteiger charge is -2.11. The maximum Gasteiger partial charge on any atom is 0.183 e. The van der Waals surface area contributed by atoms with Gasteiger partial charge in [-0.25, -0.2) is 8.42 Å². The highest BCUT2D eigenvalue weighted by molar-refractivity contribution is 9.10. The third-order valence-corrected chi connectivity index (χ3v) is 7.45. The van der Waals surface area contributed by atoms with Gasteiger partial charge in [-0.1, -0.05) is 45.8 Å². The first kappa shape index (κ1) is 17.6. The van der Waals surface area contributed by atoms with Crippen molar-refractivity contribution < 1.29 is 13.2 Å². The highest BCUT2D eigenvalue weighted by Gasteiger charge is 2.69. The summed E-state index contributed by atoms with van der Waals surface area (Å²) in [4.78, 5) is 0.309. The third-order valence-electron chi connectivity index (χ3n) is 4.61. The summed E-state index contributed by atoms with van der Waals surface area (Å²) in [5.41, 5.74) is 7.48. The summed E-state index contributed by atoms with van der Waals surface area (Å²) in [5, 5.41) is -0.686. The van der Waals surface area contributed by atoms with Crippen LogP contribution < -0.4 is 5.73 Å². The number of rotatable bonds is 5. The predicted octanol–water partition coefficient (Wildman–Crippen LogP) is 3.04. The number of benzene rings is 2. The Morgan fingerprint density at radius 1 is 1.12 bits per heavy atom. The van der Waals surface area contributed by atoms with Gasteiger partial charge in [0.25, 0.3) is 0 Å². The molecule has 0 aliphatic heterocycles. The fourth-order valence-corrected chi connectivity index (χ4v) is 5.90. The summed E-state index contributed by atoms with van der Waals surface area (Å²) in [6.07, 6.45) is 0. The van der Waals surface area contributed by atoms with Crippen LogP contribution in [0.25, 0.3) is 0 Å². The average Bonchev–Trinajstić information content (AvgIpc) is 3.15. The summed E-state index contributed by atoms with van der Waals surface area (Å²) < 4.78 is 32.4. The van der Waals surface area contributed by atoms with Crippen LogP contribution in [0.15, 0.2) is 57.9 Å². The van der Waals surface area contributed by atoms with Crippen molar-refractivity contribution in [3.63, 3.8) is 0 Å². The maximum absolute atomic E-state index is 13.1. The Bertz CT molecular complexity index is 834. The molecule has 0 unspecified atom stereocenters. The molecule has 0 amide bonds. The quantitative estimate of drug-likeness (QED) is 0.823. The minimum absolute atomic E-state index is 0.198. The van der Waals surface area contributed by atoms with Gasteiger partial charge in [-0.15, -0.1) is 0 Å². The van der Waals surface area contributed by atoms with E-state index in [1.807, 2.05) is 31.2 Å². The molecule has 6 heteroatoms. The molecule has 1 saturated carbocycles. The van der Waals surface area contributed by atoms with Crippen LogP contribution in [-0.2, 0) is 14.6 Å². The molecule has 2 N–H and O–H groups in total. The van der Waals surface area contributed by atoms with Gasteiger partial charge < -0.3 is 10.5 Å². The van der Waals surface area contributed by atoms with Crippen molar-refractivity contribution in [1.29, 1.82) is 0 Å². The van der Waals surface area contributed by atoms with Crippen LogP contribution in [0.4, 0.5) is 0 Å². The highest BCUT2D eigenvalue weighted by atomic mass is 79.9. The van der Waals surface area contributed by atoms with Crippen LogP contribution >= 0.6 is 15.9 Å². The van der Waals surface area contributed by atoms with E-state index >= 15 is 0 Å². The molecular weight excluding hydrogens is 390 g/mol. The van der Waals surface area contributed by atoms with Crippen LogP contribution in [0.1, 0.15) is 17.0 Å². The molecule has 0 aromatic heterocycles. The second-order valence-corrected chi connectivity index (χ2v) is 9.34. The first-order chi connectivity index (χ1) is 11.3. The molecule has 1 aliphatic carbocycles. The van der Waals surface area contributed by atoms with Gasteiger partial charge in [-0.2, -0.15) is 0 Å². The van der Waals surface area contributed by atoms with Crippen molar-refractivity contribution in [2.24, 2.45) is 5.73 Å².